The molecule has 0 spiro atoms. The molecule has 0 N–H and O–H groups in total. The summed E-state index contributed by atoms with van der Waals surface area (Å²) in [6.07, 6.45) is 23.9. The van der Waals surface area contributed by atoms with Gasteiger partial charge in [-0.15, -0.1) is 11.6 Å². The van der Waals surface area contributed by atoms with E-state index in [1.165, 1.54) is 96.3 Å². The van der Waals surface area contributed by atoms with Gasteiger partial charge in [-0.3, -0.25) is 0 Å². The second-order valence-electron chi connectivity index (χ2n) is 11.0. The minimum atomic E-state index is 0.559. The quantitative estimate of drug-likeness (QED) is 0.0503. The normalized spacial score (nSPS) is 11.6. The summed E-state index contributed by atoms with van der Waals surface area (Å²) in [6.45, 7) is 11.0. The molecule has 42 heavy (non-hydrogen) atoms. The van der Waals surface area contributed by atoms with Crippen LogP contribution in [0.1, 0.15) is 122 Å². The number of alkyl halides is 1. The van der Waals surface area contributed by atoms with Gasteiger partial charge in [0, 0.05) is 19.1 Å². The summed E-state index contributed by atoms with van der Waals surface area (Å²) >= 11 is 5.66. The van der Waals surface area contributed by atoms with Crippen LogP contribution in [0.2, 0.25) is 0 Å². The van der Waals surface area contributed by atoms with E-state index in [9.17, 15) is 0 Å². The van der Waals surface area contributed by atoms with Crippen molar-refractivity contribution in [1.82, 2.24) is 0 Å². The van der Waals surface area contributed by atoms with E-state index in [1.54, 1.807) is 0 Å². The fraction of sp³-hybridized carbons (Fsp3) is 1.00. The maximum absolute atomic E-state index is 5.67. The van der Waals surface area contributed by atoms with Crippen LogP contribution in [0.5, 0.6) is 0 Å². The highest BCUT2D eigenvalue weighted by Gasteiger charge is 1.97. The summed E-state index contributed by atoms with van der Waals surface area (Å²) in [5, 5.41) is 0. The molecule has 0 amide bonds. The first-order valence-electron chi connectivity index (χ1n) is 17.5. The van der Waals surface area contributed by atoms with E-state index in [2.05, 4.69) is 6.92 Å². The number of unbranched alkanes of at least 4 members (excludes halogenated alkanes) is 16. The molecule has 254 valence electrons. The Kier molecular flexibility index (Phi) is 41.0. The Morgan fingerprint density at radius 2 is 0.476 bits per heavy atom. The predicted molar refractivity (Wildman–Crippen MR) is 175 cm³/mol. The van der Waals surface area contributed by atoms with Gasteiger partial charge < -0.3 is 33.2 Å². The molecule has 0 saturated heterocycles. The van der Waals surface area contributed by atoms with Crippen molar-refractivity contribution in [2.24, 2.45) is 0 Å². The highest BCUT2D eigenvalue weighted by atomic mass is 35.5. The third-order valence-corrected chi connectivity index (χ3v) is 7.31. The largest absolute Gasteiger partial charge is 0.379 e. The smallest absolute Gasteiger partial charge is 0.0701 e. The Balaban J connectivity index is 3.02. The van der Waals surface area contributed by atoms with Crippen LogP contribution in [0.25, 0.3) is 0 Å². The van der Waals surface area contributed by atoms with Gasteiger partial charge in [0.1, 0.15) is 0 Å². The molecular formula is C34H69ClO7. The Morgan fingerprint density at radius 1 is 0.262 bits per heavy atom. The summed E-state index contributed by atoms with van der Waals surface area (Å²) < 4.78 is 38.8. The first kappa shape index (κ1) is 42.0. The van der Waals surface area contributed by atoms with E-state index in [-0.39, 0.29) is 0 Å². The lowest BCUT2D eigenvalue weighted by atomic mass is 10.0. The van der Waals surface area contributed by atoms with E-state index in [0.29, 0.717) is 79.3 Å². The zero-order chi connectivity index (χ0) is 30.3. The summed E-state index contributed by atoms with van der Waals surface area (Å²) in [7, 11) is 0. The van der Waals surface area contributed by atoms with Crippen LogP contribution in [0.3, 0.4) is 0 Å². The average Bonchev–Trinajstić information content (AvgIpc) is 3.00. The third-order valence-electron chi connectivity index (χ3n) is 7.05. The molecule has 8 heteroatoms. The van der Waals surface area contributed by atoms with Crippen LogP contribution in [-0.4, -0.2) is 98.4 Å². The minimum absolute atomic E-state index is 0.559. The highest BCUT2D eigenvalue weighted by molar-refractivity contribution is 6.17. The zero-order valence-electron chi connectivity index (χ0n) is 27.6. The molecule has 0 fully saturated rings. The van der Waals surface area contributed by atoms with Gasteiger partial charge in [-0.2, -0.15) is 0 Å². The van der Waals surface area contributed by atoms with Crippen molar-refractivity contribution in [3.8, 4) is 0 Å². The van der Waals surface area contributed by atoms with Crippen LogP contribution >= 0.6 is 11.6 Å². The van der Waals surface area contributed by atoms with Gasteiger partial charge in [0.15, 0.2) is 0 Å². The monoisotopic (exact) mass is 624 g/mol. The lowest BCUT2D eigenvalue weighted by molar-refractivity contribution is -0.0206. The molecule has 0 aliphatic rings. The summed E-state index contributed by atoms with van der Waals surface area (Å²) in [5.41, 5.74) is 0. The fourth-order valence-electron chi connectivity index (χ4n) is 4.47. The van der Waals surface area contributed by atoms with Crippen LogP contribution < -0.4 is 0 Å². The van der Waals surface area contributed by atoms with Crippen LogP contribution in [-0.2, 0) is 33.2 Å². The summed E-state index contributed by atoms with van der Waals surface area (Å²) in [6, 6.07) is 0. The first-order chi connectivity index (χ1) is 20.9. The van der Waals surface area contributed by atoms with Crippen molar-refractivity contribution in [2.75, 3.05) is 98.4 Å². The highest BCUT2D eigenvalue weighted by Crippen LogP contribution is 2.13. The van der Waals surface area contributed by atoms with Crippen LogP contribution in [0, 0.1) is 0 Å². The van der Waals surface area contributed by atoms with Gasteiger partial charge in [-0.1, -0.05) is 103 Å². The number of hydrogen-bond acceptors (Lipinski definition) is 7. The van der Waals surface area contributed by atoms with Gasteiger partial charge in [-0.25, -0.2) is 0 Å². The zero-order valence-corrected chi connectivity index (χ0v) is 28.3. The SMILES string of the molecule is CCCCCCCCCCCCCCCCOCCOCCOCCOCCOCCOCCOCCCCCCCl. The molecule has 0 aliphatic carbocycles. The van der Waals surface area contributed by atoms with Crippen molar-refractivity contribution in [3.63, 3.8) is 0 Å². The molecule has 0 aromatic rings. The Bertz CT molecular complexity index is 420. The first-order valence-corrected chi connectivity index (χ1v) is 18.1. The number of hydrogen-bond donors (Lipinski definition) is 0. The lowest BCUT2D eigenvalue weighted by Crippen LogP contribution is -2.14. The van der Waals surface area contributed by atoms with Crippen molar-refractivity contribution in [1.29, 1.82) is 0 Å². The van der Waals surface area contributed by atoms with Crippen LogP contribution in [0.15, 0.2) is 0 Å². The molecular weight excluding hydrogens is 556 g/mol. The number of ether oxygens (including phenoxy) is 7. The van der Waals surface area contributed by atoms with Crippen molar-refractivity contribution >= 4 is 11.6 Å². The molecule has 0 unspecified atom stereocenters. The lowest BCUT2D eigenvalue weighted by Gasteiger charge is -2.08. The van der Waals surface area contributed by atoms with Crippen LogP contribution in [0.4, 0.5) is 0 Å². The molecule has 0 radical (unpaired) electrons. The maximum Gasteiger partial charge on any atom is 0.0701 e. The van der Waals surface area contributed by atoms with E-state index >= 15 is 0 Å². The molecule has 0 aromatic carbocycles. The van der Waals surface area contributed by atoms with Gasteiger partial charge in [0.2, 0.25) is 0 Å². The Morgan fingerprint density at radius 3 is 0.738 bits per heavy atom. The fourth-order valence-corrected chi connectivity index (χ4v) is 4.66. The van der Waals surface area contributed by atoms with Crippen molar-refractivity contribution in [3.05, 3.63) is 0 Å². The minimum Gasteiger partial charge on any atom is -0.379 e. The Hall–Kier alpha value is 0.01000. The standard InChI is InChI=1S/C34H69ClO7/c1-2-3-4-5-6-7-8-9-10-11-12-13-15-18-21-36-23-25-38-27-29-40-31-33-42-34-32-41-30-28-39-26-24-37-22-19-16-14-17-20-35/h2-34H2,1H3. The van der Waals surface area contributed by atoms with Gasteiger partial charge in [-0.05, 0) is 19.3 Å². The van der Waals surface area contributed by atoms with E-state index < -0.39 is 0 Å². The van der Waals surface area contributed by atoms with E-state index in [1.807, 2.05) is 0 Å². The molecule has 0 heterocycles. The molecule has 0 atom stereocenters. The summed E-state index contributed by atoms with van der Waals surface area (Å²) in [5.74, 6) is 0.754. The second kappa shape index (κ2) is 41.0. The van der Waals surface area contributed by atoms with Gasteiger partial charge >= 0.3 is 0 Å². The molecule has 0 rings (SSSR count). The topological polar surface area (TPSA) is 64.6 Å². The molecule has 0 saturated carbocycles. The van der Waals surface area contributed by atoms with E-state index in [0.717, 1.165) is 38.4 Å². The molecule has 0 aromatic heterocycles. The number of halogens is 1. The van der Waals surface area contributed by atoms with Crippen molar-refractivity contribution < 1.29 is 33.2 Å². The van der Waals surface area contributed by atoms with Gasteiger partial charge in [0.25, 0.3) is 0 Å². The van der Waals surface area contributed by atoms with E-state index in [4.69, 9.17) is 44.8 Å². The third kappa shape index (κ3) is 40.0. The Labute approximate surface area is 265 Å². The van der Waals surface area contributed by atoms with Gasteiger partial charge in [0.05, 0.1) is 79.3 Å². The number of rotatable bonds is 39. The predicted octanol–water partition coefficient (Wildman–Crippen LogP) is 8.38. The maximum atomic E-state index is 5.67. The second-order valence-corrected chi connectivity index (χ2v) is 11.4. The molecule has 0 bridgehead atoms. The summed E-state index contributed by atoms with van der Waals surface area (Å²) in [4.78, 5) is 0. The average molecular weight is 625 g/mol. The van der Waals surface area contributed by atoms with Crippen molar-refractivity contribution in [2.45, 2.75) is 122 Å². The molecule has 0 aliphatic heterocycles. The molecule has 7 nitrogen and oxygen atoms in total.